The number of hydrogen-bond donors (Lipinski definition) is 0. The smallest absolute Gasteiger partial charge is 0.272 e. The Labute approximate surface area is 178 Å². The summed E-state index contributed by atoms with van der Waals surface area (Å²) in [6.45, 7) is 7.55. The van der Waals surface area contributed by atoms with Crippen LogP contribution in [0.25, 0.3) is 0 Å². The summed E-state index contributed by atoms with van der Waals surface area (Å²) in [6.07, 6.45) is 14.7. The van der Waals surface area contributed by atoms with E-state index in [9.17, 15) is 9.59 Å². The van der Waals surface area contributed by atoms with E-state index in [2.05, 4.69) is 21.0 Å². The summed E-state index contributed by atoms with van der Waals surface area (Å²) in [6, 6.07) is 0. The Morgan fingerprint density at radius 2 is 1.28 bits per heavy atom. The molecule has 0 radical (unpaired) electrons. The summed E-state index contributed by atoms with van der Waals surface area (Å²) in [4.78, 5) is 25.3. The molecule has 0 heterocycles. The SMILES string of the molecule is CCCCCCCCCCCC[N+](C)(C)CCCN(C)c1c(OCC)c(=O)c1=O. The van der Waals surface area contributed by atoms with Crippen molar-refractivity contribution in [2.45, 2.75) is 84.5 Å². The van der Waals surface area contributed by atoms with Gasteiger partial charge in [-0.15, -0.1) is 0 Å². The van der Waals surface area contributed by atoms with Crippen LogP contribution >= 0.6 is 0 Å². The van der Waals surface area contributed by atoms with Gasteiger partial charge >= 0.3 is 0 Å². The molecule has 0 atom stereocenters. The number of hydrogen-bond acceptors (Lipinski definition) is 4. The molecule has 5 nitrogen and oxygen atoms in total. The summed E-state index contributed by atoms with van der Waals surface area (Å²) in [5.41, 5.74) is -0.433. The molecule has 0 aromatic heterocycles. The third-order valence-corrected chi connectivity index (χ3v) is 5.89. The van der Waals surface area contributed by atoms with Crippen LogP contribution in [0.3, 0.4) is 0 Å². The van der Waals surface area contributed by atoms with Gasteiger partial charge < -0.3 is 14.1 Å². The Hall–Kier alpha value is -1.36. The van der Waals surface area contributed by atoms with E-state index in [1.165, 1.54) is 70.8 Å². The van der Waals surface area contributed by atoms with Crippen LogP contribution in [0.5, 0.6) is 5.75 Å². The molecule has 29 heavy (non-hydrogen) atoms. The van der Waals surface area contributed by atoms with Crippen LogP contribution in [0, 0.1) is 0 Å². The van der Waals surface area contributed by atoms with Crippen molar-refractivity contribution in [1.29, 1.82) is 0 Å². The molecule has 1 rings (SSSR count). The quantitative estimate of drug-likeness (QED) is 0.203. The molecule has 0 amide bonds. The highest BCUT2D eigenvalue weighted by molar-refractivity contribution is 5.63. The molecule has 0 bridgehead atoms. The van der Waals surface area contributed by atoms with Crippen molar-refractivity contribution in [2.75, 3.05) is 52.3 Å². The van der Waals surface area contributed by atoms with Crippen LogP contribution in [-0.4, -0.2) is 51.9 Å². The minimum atomic E-state index is -0.481. The molecule has 0 saturated heterocycles. The summed E-state index contributed by atoms with van der Waals surface area (Å²) >= 11 is 0. The van der Waals surface area contributed by atoms with Crippen molar-refractivity contribution in [3.05, 3.63) is 20.4 Å². The molecule has 1 aromatic carbocycles. The zero-order valence-corrected chi connectivity index (χ0v) is 19.7. The second kappa shape index (κ2) is 13.8. The van der Waals surface area contributed by atoms with Crippen LogP contribution in [0.4, 0.5) is 5.69 Å². The van der Waals surface area contributed by atoms with E-state index in [0.29, 0.717) is 12.3 Å². The number of nitrogens with zero attached hydrogens (tertiary/aromatic N) is 2. The van der Waals surface area contributed by atoms with Crippen molar-refractivity contribution in [3.8, 4) is 5.75 Å². The first-order chi connectivity index (χ1) is 13.8. The van der Waals surface area contributed by atoms with Crippen molar-refractivity contribution >= 4 is 5.69 Å². The van der Waals surface area contributed by atoms with Gasteiger partial charge in [-0.25, -0.2) is 0 Å². The van der Waals surface area contributed by atoms with E-state index < -0.39 is 10.9 Å². The van der Waals surface area contributed by atoms with Crippen LogP contribution in [0.1, 0.15) is 84.5 Å². The van der Waals surface area contributed by atoms with Crippen LogP contribution < -0.4 is 20.5 Å². The Morgan fingerprint density at radius 3 is 1.83 bits per heavy atom. The molecule has 0 fully saturated rings. The van der Waals surface area contributed by atoms with Crippen molar-refractivity contribution in [2.24, 2.45) is 0 Å². The maximum Gasteiger partial charge on any atom is 0.272 e. The highest BCUT2D eigenvalue weighted by Crippen LogP contribution is 2.21. The van der Waals surface area contributed by atoms with Crippen molar-refractivity contribution in [3.63, 3.8) is 0 Å². The molecule has 1 aromatic rings. The lowest BCUT2D eigenvalue weighted by molar-refractivity contribution is -0.890. The molecular weight excluding hydrogens is 364 g/mol. The average molecular weight is 410 g/mol. The molecule has 0 saturated carbocycles. The zero-order chi connectivity index (χ0) is 21.7. The number of ether oxygens (including phenoxy) is 1. The topological polar surface area (TPSA) is 46.6 Å². The van der Waals surface area contributed by atoms with Gasteiger partial charge in [-0.2, -0.15) is 0 Å². The van der Waals surface area contributed by atoms with Gasteiger partial charge in [0, 0.05) is 20.0 Å². The van der Waals surface area contributed by atoms with E-state index in [4.69, 9.17) is 4.74 Å². The van der Waals surface area contributed by atoms with Gasteiger partial charge in [0.2, 0.25) is 0 Å². The first kappa shape index (κ1) is 25.7. The monoisotopic (exact) mass is 409 g/mol. The van der Waals surface area contributed by atoms with Crippen LogP contribution in [0.15, 0.2) is 9.59 Å². The van der Waals surface area contributed by atoms with Gasteiger partial charge in [-0.3, -0.25) is 9.59 Å². The van der Waals surface area contributed by atoms with Crippen LogP contribution in [0.2, 0.25) is 0 Å². The minimum absolute atomic E-state index is 0.249. The Balaban J connectivity index is 2.15. The third-order valence-electron chi connectivity index (χ3n) is 5.89. The number of anilines is 1. The van der Waals surface area contributed by atoms with E-state index in [1.54, 1.807) is 0 Å². The normalized spacial score (nSPS) is 11.9. The average Bonchev–Trinajstić information content (AvgIpc) is 2.68. The van der Waals surface area contributed by atoms with Crippen molar-refractivity contribution < 1.29 is 9.22 Å². The Kier molecular flexibility index (Phi) is 12.2. The molecule has 168 valence electrons. The maximum absolute atomic E-state index is 11.8. The number of unbranched alkanes of at least 4 members (excludes halogenated alkanes) is 9. The van der Waals surface area contributed by atoms with E-state index in [-0.39, 0.29) is 5.75 Å². The summed E-state index contributed by atoms with van der Waals surface area (Å²) < 4.78 is 6.33. The summed E-state index contributed by atoms with van der Waals surface area (Å²) in [5.74, 6) is 0.249. The number of quaternary nitrogens is 1. The lowest BCUT2D eigenvalue weighted by Crippen LogP contribution is -2.44. The summed E-state index contributed by atoms with van der Waals surface area (Å²) in [5, 5.41) is 0. The number of rotatable bonds is 18. The molecule has 0 aliphatic heterocycles. The standard InChI is InChI=1S/C24H45N2O3/c1-6-8-9-10-11-12-13-14-15-16-19-26(4,5)20-17-18-25(3)21-22(27)23(28)24(21)29-7-2/h6-20H2,1-5H3/q+1. The predicted molar refractivity (Wildman–Crippen MR) is 124 cm³/mol. The third kappa shape index (κ3) is 9.33. The first-order valence-corrected chi connectivity index (χ1v) is 11.8. The van der Waals surface area contributed by atoms with Crippen molar-refractivity contribution in [1.82, 2.24) is 0 Å². The second-order valence-electron chi connectivity index (χ2n) is 9.11. The van der Waals surface area contributed by atoms with Gasteiger partial charge in [0.25, 0.3) is 10.9 Å². The van der Waals surface area contributed by atoms with Crippen LogP contribution in [-0.2, 0) is 0 Å². The molecule has 0 N–H and O–H groups in total. The predicted octanol–water partition coefficient (Wildman–Crippen LogP) is 4.50. The van der Waals surface area contributed by atoms with Gasteiger partial charge in [0.15, 0.2) is 5.75 Å². The van der Waals surface area contributed by atoms with E-state index in [0.717, 1.165) is 24.0 Å². The van der Waals surface area contributed by atoms with Gasteiger partial charge in [-0.05, 0) is 19.8 Å². The molecule has 0 aliphatic rings. The van der Waals surface area contributed by atoms with E-state index in [1.807, 2.05) is 18.9 Å². The highest BCUT2D eigenvalue weighted by atomic mass is 16.5. The fraction of sp³-hybridized carbons (Fsp3) is 0.833. The molecule has 0 spiro atoms. The Bertz CT molecular complexity index is 632. The fourth-order valence-electron chi connectivity index (χ4n) is 3.97. The van der Waals surface area contributed by atoms with Gasteiger partial charge in [0.05, 0.1) is 33.8 Å². The van der Waals surface area contributed by atoms with Gasteiger partial charge in [-0.1, -0.05) is 58.3 Å². The highest BCUT2D eigenvalue weighted by Gasteiger charge is 2.25. The Morgan fingerprint density at radius 1 is 0.759 bits per heavy atom. The second-order valence-corrected chi connectivity index (χ2v) is 9.11. The zero-order valence-electron chi connectivity index (χ0n) is 19.7. The van der Waals surface area contributed by atoms with E-state index >= 15 is 0 Å². The molecular formula is C24H45N2O3+. The first-order valence-electron chi connectivity index (χ1n) is 11.8. The lowest BCUT2D eigenvalue weighted by atomic mass is 10.1. The maximum atomic E-state index is 11.8. The largest absolute Gasteiger partial charge is 0.488 e. The minimum Gasteiger partial charge on any atom is -0.488 e. The summed E-state index contributed by atoms with van der Waals surface area (Å²) in [7, 11) is 6.45. The molecule has 0 unspecified atom stereocenters. The van der Waals surface area contributed by atoms with Gasteiger partial charge in [0.1, 0.15) is 5.69 Å². The molecule has 0 aliphatic carbocycles. The lowest BCUT2D eigenvalue weighted by Gasteiger charge is -2.31. The fourth-order valence-corrected chi connectivity index (χ4v) is 3.97. The molecule has 5 heteroatoms.